The van der Waals surface area contributed by atoms with E-state index in [1.807, 2.05) is 42.5 Å². The molecule has 0 spiro atoms. The van der Waals surface area contributed by atoms with Gasteiger partial charge in [0.2, 0.25) is 0 Å². The summed E-state index contributed by atoms with van der Waals surface area (Å²) in [6.07, 6.45) is 1.79. The molecule has 1 saturated heterocycles. The average Bonchev–Trinajstić information content (AvgIpc) is 2.84. The Morgan fingerprint density at radius 3 is 2.62 bits per heavy atom. The summed E-state index contributed by atoms with van der Waals surface area (Å²) < 4.78 is 10.4. The van der Waals surface area contributed by atoms with E-state index < -0.39 is 12.0 Å². The van der Waals surface area contributed by atoms with Crippen LogP contribution in [0.25, 0.3) is 0 Å². The summed E-state index contributed by atoms with van der Waals surface area (Å²) in [5.74, 6) is 1.12. The standard InChI is InChI=1S/C23H27N5O4/c1-31-17-7-5-6-16(14-17)21-20(22(29)32-2)18(25-23(30)26-21)15-27-10-12-28(13-11-27)19-8-3-4-9-24-19/h3-9,14,21H,10-13,15H2,1-2H3,(H2,25,26,30)/t21-/m1/s1. The van der Waals surface area contributed by atoms with Crippen molar-refractivity contribution in [1.29, 1.82) is 0 Å². The highest BCUT2D eigenvalue weighted by atomic mass is 16.5. The van der Waals surface area contributed by atoms with Crippen molar-refractivity contribution in [3.63, 3.8) is 0 Å². The zero-order valence-corrected chi connectivity index (χ0v) is 18.2. The lowest BCUT2D eigenvalue weighted by Gasteiger charge is -2.37. The van der Waals surface area contributed by atoms with Crippen molar-refractivity contribution in [3.05, 3.63) is 65.5 Å². The number of hydrogen-bond donors (Lipinski definition) is 2. The van der Waals surface area contributed by atoms with Gasteiger partial charge in [-0.1, -0.05) is 18.2 Å². The molecule has 4 rings (SSSR count). The van der Waals surface area contributed by atoms with E-state index in [4.69, 9.17) is 9.47 Å². The van der Waals surface area contributed by atoms with Gasteiger partial charge in [0.1, 0.15) is 11.6 Å². The number of anilines is 1. The number of hydrogen-bond acceptors (Lipinski definition) is 7. The van der Waals surface area contributed by atoms with Gasteiger partial charge >= 0.3 is 12.0 Å². The molecule has 0 bridgehead atoms. The minimum absolute atomic E-state index is 0.354. The fourth-order valence-corrected chi connectivity index (χ4v) is 4.06. The number of methoxy groups -OCH3 is 2. The normalized spacial score (nSPS) is 19.2. The van der Waals surface area contributed by atoms with Crippen molar-refractivity contribution in [3.8, 4) is 5.75 Å². The molecule has 2 aromatic rings. The number of aromatic nitrogens is 1. The maximum Gasteiger partial charge on any atom is 0.338 e. The van der Waals surface area contributed by atoms with Gasteiger partial charge in [-0.3, -0.25) is 4.90 Å². The molecule has 9 nitrogen and oxygen atoms in total. The highest BCUT2D eigenvalue weighted by Gasteiger charge is 2.34. The second kappa shape index (κ2) is 9.69. The molecule has 2 N–H and O–H groups in total. The van der Waals surface area contributed by atoms with Crippen molar-refractivity contribution in [2.24, 2.45) is 0 Å². The van der Waals surface area contributed by atoms with Crippen molar-refractivity contribution in [2.75, 3.05) is 51.8 Å². The first-order valence-corrected chi connectivity index (χ1v) is 10.5. The first-order chi connectivity index (χ1) is 15.6. The van der Waals surface area contributed by atoms with Crippen LogP contribution in [0.5, 0.6) is 5.75 Å². The van der Waals surface area contributed by atoms with Crippen LogP contribution in [0.2, 0.25) is 0 Å². The number of nitrogens with one attached hydrogen (secondary N) is 2. The fraction of sp³-hybridized carbons (Fsp3) is 0.348. The van der Waals surface area contributed by atoms with E-state index in [1.165, 1.54) is 7.11 Å². The van der Waals surface area contributed by atoms with Crippen LogP contribution in [-0.4, -0.2) is 68.8 Å². The molecular weight excluding hydrogens is 410 g/mol. The van der Waals surface area contributed by atoms with Crippen molar-refractivity contribution in [2.45, 2.75) is 6.04 Å². The molecule has 9 heteroatoms. The Labute approximate surface area is 187 Å². The number of carbonyl (C=O) groups is 2. The van der Waals surface area contributed by atoms with E-state index in [0.717, 1.165) is 37.6 Å². The molecule has 0 aliphatic carbocycles. The van der Waals surface area contributed by atoms with Crippen LogP contribution in [0.3, 0.4) is 0 Å². The predicted octanol–water partition coefficient (Wildman–Crippen LogP) is 1.69. The molecule has 0 unspecified atom stereocenters. The van der Waals surface area contributed by atoms with Crippen LogP contribution in [0.15, 0.2) is 59.9 Å². The monoisotopic (exact) mass is 437 g/mol. The van der Waals surface area contributed by atoms with E-state index in [1.54, 1.807) is 13.3 Å². The third kappa shape index (κ3) is 4.67. The topological polar surface area (TPSA) is 96.0 Å². The van der Waals surface area contributed by atoms with Gasteiger partial charge in [-0.15, -0.1) is 0 Å². The van der Waals surface area contributed by atoms with Crippen LogP contribution >= 0.6 is 0 Å². The number of amides is 2. The molecule has 2 aliphatic rings. The molecule has 1 aromatic heterocycles. The molecule has 0 saturated carbocycles. The zero-order valence-electron chi connectivity index (χ0n) is 18.2. The van der Waals surface area contributed by atoms with E-state index >= 15 is 0 Å². The number of rotatable bonds is 6. The molecule has 2 aliphatic heterocycles. The second-order valence-corrected chi connectivity index (χ2v) is 7.64. The molecule has 1 aromatic carbocycles. The SMILES string of the molecule is COC(=O)C1=C(CN2CCN(c3ccccn3)CC2)NC(=O)N[C@@H]1c1cccc(OC)c1. The lowest BCUT2D eigenvalue weighted by atomic mass is 9.94. The molecule has 3 heterocycles. The number of ether oxygens (including phenoxy) is 2. The maximum atomic E-state index is 12.8. The van der Waals surface area contributed by atoms with Gasteiger partial charge in [-0.2, -0.15) is 0 Å². The number of pyridine rings is 1. The average molecular weight is 438 g/mol. The maximum absolute atomic E-state index is 12.8. The van der Waals surface area contributed by atoms with Gasteiger partial charge in [0.05, 0.1) is 25.8 Å². The van der Waals surface area contributed by atoms with Crippen LogP contribution in [0.1, 0.15) is 11.6 Å². The van der Waals surface area contributed by atoms with E-state index in [0.29, 0.717) is 23.6 Å². The van der Waals surface area contributed by atoms with E-state index in [-0.39, 0.29) is 6.03 Å². The Hall–Kier alpha value is -3.59. The quantitative estimate of drug-likeness (QED) is 0.664. The fourth-order valence-electron chi connectivity index (χ4n) is 4.06. The van der Waals surface area contributed by atoms with Crippen LogP contribution < -0.4 is 20.3 Å². The van der Waals surface area contributed by atoms with Crippen molar-refractivity contribution >= 4 is 17.8 Å². The number of esters is 1. The van der Waals surface area contributed by atoms with E-state index in [9.17, 15) is 9.59 Å². The Balaban J connectivity index is 1.56. The molecule has 1 atom stereocenters. The summed E-state index contributed by atoms with van der Waals surface area (Å²) >= 11 is 0. The number of piperazine rings is 1. The van der Waals surface area contributed by atoms with Gasteiger partial charge in [-0.05, 0) is 29.8 Å². The first-order valence-electron chi connectivity index (χ1n) is 10.5. The Bertz CT molecular complexity index is 1000. The van der Waals surface area contributed by atoms with Crippen LogP contribution in [0.4, 0.5) is 10.6 Å². The summed E-state index contributed by atoms with van der Waals surface area (Å²) in [6, 6.07) is 12.2. The lowest BCUT2D eigenvalue weighted by molar-refractivity contribution is -0.136. The molecule has 0 radical (unpaired) electrons. The molecule has 1 fully saturated rings. The van der Waals surface area contributed by atoms with E-state index in [2.05, 4.69) is 25.4 Å². The van der Waals surface area contributed by atoms with Crippen molar-refractivity contribution in [1.82, 2.24) is 20.5 Å². The van der Waals surface area contributed by atoms with Gasteiger partial charge < -0.3 is 25.0 Å². The highest BCUT2D eigenvalue weighted by Crippen LogP contribution is 2.30. The predicted molar refractivity (Wildman–Crippen MR) is 119 cm³/mol. The minimum atomic E-state index is -0.629. The Morgan fingerprint density at radius 2 is 1.94 bits per heavy atom. The number of benzene rings is 1. The molecule has 2 amide bonds. The zero-order chi connectivity index (χ0) is 22.5. The number of urea groups is 1. The summed E-state index contributed by atoms with van der Waals surface area (Å²) in [7, 11) is 2.92. The molecule has 32 heavy (non-hydrogen) atoms. The number of nitrogens with zero attached hydrogens (tertiary/aromatic N) is 3. The second-order valence-electron chi connectivity index (χ2n) is 7.64. The highest BCUT2D eigenvalue weighted by molar-refractivity contribution is 5.95. The lowest BCUT2D eigenvalue weighted by Crippen LogP contribution is -2.51. The summed E-state index contributed by atoms with van der Waals surface area (Å²) in [5.41, 5.74) is 1.70. The summed E-state index contributed by atoms with van der Waals surface area (Å²) in [6.45, 7) is 3.62. The minimum Gasteiger partial charge on any atom is -0.497 e. The summed E-state index contributed by atoms with van der Waals surface area (Å²) in [4.78, 5) is 34.1. The molecular formula is C23H27N5O4. The Kier molecular flexibility index (Phi) is 6.55. The van der Waals surface area contributed by atoms with Gasteiger partial charge in [0.15, 0.2) is 0 Å². The van der Waals surface area contributed by atoms with Gasteiger partial charge in [0, 0.05) is 44.6 Å². The summed E-state index contributed by atoms with van der Waals surface area (Å²) in [5, 5.41) is 5.68. The Morgan fingerprint density at radius 1 is 1.12 bits per heavy atom. The third-order valence-electron chi connectivity index (χ3n) is 5.71. The first kappa shape index (κ1) is 21.6. The smallest absolute Gasteiger partial charge is 0.338 e. The van der Waals surface area contributed by atoms with Crippen molar-refractivity contribution < 1.29 is 19.1 Å². The van der Waals surface area contributed by atoms with Gasteiger partial charge in [0.25, 0.3) is 0 Å². The van der Waals surface area contributed by atoms with Crippen LogP contribution in [-0.2, 0) is 9.53 Å². The third-order valence-corrected chi connectivity index (χ3v) is 5.71. The largest absolute Gasteiger partial charge is 0.497 e. The van der Waals surface area contributed by atoms with Crippen LogP contribution in [0, 0.1) is 0 Å². The van der Waals surface area contributed by atoms with Gasteiger partial charge in [-0.25, -0.2) is 14.6 Å². The molecule has 168 valence electrons. The number of carbonyl (C=O) groups excluding carboxylic acids is 2.